The summed E-state index contributed by atoms with van der Waals surface area (Å²) in [5.41, 5.74) is 1.08. The molecule has 2 aromatic heterocycles. The van der Waals surface area contributed by atoms with Crippen LogP contribution in [0, 0.1) is 0 Å². The largest absolute Gasteiger partial charge is 0.200 e. The van der Waals surface area contributed by atoms with Crippen LogP contribution in [0.2, 0.25) is 0 Å². The molecule has 0 spiro atoms. The lowest BCUT2D eigenvalue weighted by atomic mass is 10.2. The van der Waals surface area contributed by atoms with Crippen LogP contribution >= 0.6 is 23.1 Å². The normalized spacial score (nSPS) is 11.3. The number of fused-ring (bicyclic) bond motifs is 3. The maximum absolute atomic E-state index is 4.27. The second kappa shape index (κ2) is 2.24. The molecule has 0 aliphatic carbocycles. The van der Waals surface area contributed by atoms with Gasteiger partial charge in [0.15, 0.2) is 0 Å². The molecule has 3 aromatic rings. The van der Waals surface area contributed by atoms with Crippen molar-refractivity contribution in [3.63, 3.8) is 0 Å². The van der Waals surface area contributed by atoms with Crippen molar-refractivity contribution in [3.05, 3.63) is 23.7 Å². The summed E-state index contributed by atoms with van der Waals surface area (Å²) in [4.78, 5) is 0. The topological polar surface area (TPSA) is 25.8 Å². The quantitative estimate of drug-likeness (QED) is 0.547. The van der Waals surface area contributed by atoms with Gasteiger partial charge in [0, 0.05) is 22.3 Å². The molecular weight excluding hydrogens is 188 g/mol. The first-order chi connectivity index (χ1) is 5.95. The molecule has 12 heavy (non-hydrogen) atoms. The van der Waals surface area contributed by atoms with Crippen molar-refractivity contribution in [3.8, 4) is 0 Å². The molecule has 58 valence electrons. The van der Waals surface area contributed by atoms with Crippen LogP contribution in [0.25, 0.3) is 21.0 Å². The van der Waals surface area contributed by atoms with E-state index in [1.54, 1.807) is 0 Å². The highest BCUT2D eigenvalue weighted by Gasteiger charge is 2.03. The van der Waals surface area contributed by atoms with Crippen LogP contribution in [0.15, 0.2) is 23.7 Å². The molecule has 0 amide bonds. The first kappa shape index (κ1) is 6.51. The monoisotopic (exact) mass is 192 g/mol. The fourth-order valence-corrected chi connectivity index (χ4v) is 2.78. The molecule has 4 heteroatoms. The second-order valence-corrected chi connectivity index (χ2v) is 3.99. The summed E-state index contributed by atoms with van der Waals surface area (Å²) in [5.74, 6) is 0. The molecule has 2 nitrogen and oxygen atoms in total. The molecule has 0 aliphatic rings. The Labute approximate surface area is 76.8 Å². The molecule has 0 saturated carbocycles. The fourth-order valence-electron chi connectivity index (χ4n) is 1.27. The summed E-state index contributed by atoms with van der Waals surface area (Å²) in [5, 5.41) is 4.53. The van der Waals surface area contributed by atoms with Gasteiger partial charge in [-0.3, -0.25) is 0 Å². The van der Waals surface area contributed by atoms with E-state index in [0.29, 0.717) is 0 Å². The van der Waals surface area contributed by atoms with Gasteiger partial charge in [-0.2, -0.15) is 8.75 Å². The predicted molar refractivity (Wildman–Crippen MR) is 52.8 cm³/mol. The first-order valence-electron chi connectivity index (χ1n) is 3.52. The maximum atomic E-state index is 4.27. The number of benzene rings is 1. The van der Waals surface area contributed by atoms with Gasteiger partial charge in [0.1, 0.15) is 0 Å². The van der Waals surface area contributed by atoms with Crippen LogP contribution in [-0.4, -0.2) is 8.75 Å². The Kier molecular flexibility index (Phi) is 1.22. The van der Waals surface area contributed by atoms with Crippen molar-refractivity contribution < 1.29 is 0 Å². The number of rotatable bonds is 0. The summed E-state index contributed by atoms with van der Waals surface area (Å²) in [6.45, 7) is 0. The van der Waals surface area contributed by atoms with Crippen LogP contribution in [0.4, 0.5) is 0 Å². The van der Waals surface area contributed by atoms with Crippen molar-refractivity contribution in [1.29, 1.82) is 0 Å². The molecule has 0 unspecified atom stereocenters. The number of hydrogen-bond donors (Lipinski definition) is 0. The summed E-state index contributed by atoms with van der Waals surface area (Å²) >= 11 is 3.04. The molecule has 0 aliphatic heterocycles. The number of nitrogens with zero attached hydrogens (tertiary/aromatic N) is 2. The van der Waals surface area contributed by atoms with E-state index in [1.165, 1.54) is 38.5 Å². The van der Waals surface area contributed by atoms with Gasteiger partial charge in [-0.15, -0.1) is 0 Å². The Balaban J connectivity index is 2.71. The molecule has 1 aromatic carbocycles. The standard InChI is InChI=1S/C8H4N2S2/c1-2-7-6(4-11-10-7)8-5(1)3-9-12-8/h1-4H. The molecule has 0 radical (unpaired) electrons. The van der Waals surface area contributed by atoms with Crippen molar-refractivity contribution in [1.82, 2.24) is 8.75 Å². The van der Waals surface area contributed by atoms with Gasteiger partial charge >= 0.3 is 0 Å². The van der Waals surface area contributed by atoms with E-state index >= 15 is 0 Å². The Morgan fingerprint density at radius 3 is 3.25 bits per heavy atom. The van der Waals surface area contributed by atoms with E-state index in [4.69, 9.17) is 0 Å². The van der Waals surface area contributed by atoms with Gasteiger partial charge in [-0.25, -0.2) is 0 Å². The molecule has 0 atom stereocenters. The van der Waals surface area contributed by atoms with Crippen molar-refractivity contribution in [2.24, 2.45) is 0 Å². The van der Waals surface area contributed by atoms with E-state index in [9.17, 15) is 0 Å². The average molecular weight is 192 g/mol. The Bertz CT molecular complexity index is 488. The molecule has 0 bridgehead atoms. The van der Waals surface area contributed by atoms with Crippen LogP contribution < -0.4 is 0 Å². The summed E-state index contributed by atoms with van der Waals surface area (Å²) in [7, 11) is 0. The van der Waals surface area contributed by atoms with E-state index in [2.05, 4.69) is 20.2 Å². The van der Waals surface area contributed by atoms with Gasteiger partial charge < -0.3 is 0 Å². The molecule has 0 N–H and O–H groups in total. The smallest absolute Gasteiger partial charge is 0.0855 e. The highest BCUT2D eigenvalue weighted by atomic mass is 32.1. The lowest BCUT2D eigenvalue weighted by Gasteiger charge is -1.87. The molecule has 0 saturated heterocycles. The van der Waals surface area contributed by atoms with E-state index in [1.807, 2.05) is 12.3 Å². The SMILES string of the molecule is c1cc2nscc2c2sncc12. The van der Waals surface area contributed by atoms with E-state index in [0.717, 1.165) is 5.52 Å². The summed E-state index contributed by atoms with van der Waals surface area (Å²) < 4.78 is 9.67. The number of aromatic nitrogens is 2. The molecule has 3 rings (SSSR count). The predicted octanol–water partition coefficient (Wildman–Crippen LogP) is 2.91. The zero-order valence-electron chi connectivity index (χ0n) is 6.02. The highest BCUT2D eigenvalue weighted by molar-refractivity contribution is 7.15. The minimum Gasteiger partial charge on any atom is -0.200 e. The Hall–Kier alpha value is -1.00. The van der Waals surface area contributed by atoms with Crippen LogP contribution in [0.5, 0.6) is 0 Å². The highest BCUT2D eigenvalue weighted by Crippen LogP contribution is 2.28. The van der Waals surface area contributed by atoms with Gasteiger partial charge in [0.25, 0.3) is 0 Å². The van der Waals surface area contributed by atoms with Crippen molar-refractivity contribution >= 4 is 44.1 Å². The van der Waals surface area contributed by atoms with E-state index < -0.39 is 0 Å². The van der Waals surface area contributed by atoms with E-state index in [-0.39, 0.29) is 0 Å². The minimum atomic E-state index is 1.08. The molecule has 0 fully saturated rings. The second-order valence-electron chi connectivity index (χ2n) is 2.56. The first-order valence-corrected chi connectivity index (χ1v) is 5.13. The summed E-state index contributed by atoms with van der Waals surface area (Å²) in [6, 6.07) is 4.11. The molecule has 2 heterocycles. The maximum Gasteiger partial charge on any atom is 0.0855 e. The fraction of sp³-hybridized carbons (Fsp3) is 0. The third kappa shape index (κ3) is 0.735. The summed E-state index contributed by atoms with van der Waals surface area (Å²) in [6.07, 6.45) is 1.90. The van der Waals surface area contributed by atoms with Gasteiger partial charge in [-0.1, -0.05) is 0 Å². The lowest BCUT2D eigenvalue weighted by Crippen LogP contribution is -1.65. The van der Waals surface area contributed by atoms with Crippen molar-refractivity contribution in [2.75, 3.05) is 0 Å². The average Bonchev–Trinajstić information content (AvgIpc) is 2.71. The third-order valence-corrected chi connectivity index (χ3v) is 3.35. The van der Waals surface area contributed by atoms with Crippen molar-refractivity contribution in [2.45, 2.75) is 0 Å². The Morgan fingerprint density at radius 2 is 2.25 bits per heavy atom. The van der Waals surface area contributed by atoms with Gasteiger partial charge in [0.05, 0.1) is 10.2 Å². The van der Waals surface area contributed by atoms with Crippen LogP contribution in [0.1, 0.15) is 0 Å². The zero-order valence-corrected chi connectivity index (χ0v) is 7.65. The molecular formula is C8H4N2S2. The van der Waals surface area contributed by atoms with Gasteiger partial charge in [-0.05, 0) is 35.2 Å². The number of hydrogen-bond acceptors (Lipinski definition) is 4. The lowest BCUT2D eigenvalue weighted by molar-refractivity contribution is 1.61. The van der Waals surface area contributed by atoms with Crippen LogP contribution in [-0.2, 0) is 0 Å². The van der Waals surface area contributed by atoms with Crippen LogP contribution in [0.3, 0.4) is 0 Å². The third-order valence-electron chi connectivity index (χ3n) is 1.86. The van der Waals surface area contributed by atoms with Gasteiger partial charge in [0.2, 0.25) is 0 Å². The Morgan fingerprint density at radius 1 is 1.25 bits per heavy atom. The zero-order chi connectivity index (χ0) is 7.97. The minimum absolute atomic E-state index is 1.08.